The van der Waals surface area contributed by atoms with Crippen LogP contribution in [0, 0.1) is 10.4 Å². The fourth-order valence-electron chi connectivity index (χ4n) is 6.50. The molecule has 4 aliphatic rings. The molecule has 4 aliphatic carbocycles. The number of aliphatic hydroxyl groups is 2. The van der Waals surface area contributed by atoms with E-state index in [1.807, 2.05) is 13.8 Å². The summed E-state index contributed by atoms with van der Waals surface area (Å²) in [5.41, 5.74) is -4.33. The van der Waals surface area contributed by atoms with Crippen LogP contribution in [0.5, 0.6) is 11.5 Å². The summed E-state index contributed by atoms with van der Waals surface area (Å²) in [5, 5.41) is 35.9. The number of phenols is 1. The summed E-state index contributed by atoms with van der Waals surface area (Å²) in [5.74, 6) is -3.07. The topological polar surface area (TPSA) is 216 Å². The van der Waals surface area contributed by atoms with Crippen molar-refractivity contribution < 1.29 is 24.9 Å². The molecule has 0 bridgehead atoms. The van der Waals surface area contributed by atoms with Crippen LogP contribution in [-0.2, 0) is 16.6 Å². The summed E-state index contributed by atoms with van der Waals surface area (Å²) in [6, 6.07) is 2.40. The van der Waals surface area contributed by atoms with Crippen LogP contribution in [-0.4, -0.2) is 64.1 Å². The number of likely N-dealkylation sites (N-methyl/N-ethyl adjacent to an activating group) is 1. The van der Waals surface area contributed by atoms with Crippen LogP contribution < -0.4 is 47.9 Å². The van der Waals surface area contributed by atoms with E-state index in [1.165, 1.54) is 12.3 Å². The molecule has 47 heavy (non-hydrogen) atoms. The van der Waals surface area contributed by atoms with E-state index in [2.05, 4.69) is 31.4 Å². The van der Waals surface area contributed by atoms with Crippen LogP contribution in [0.1, 0.15) is 37.1 Å². The molecule has 2 aromatic rings. The quantitative estimate of drug-likeness (QED) is 0.122. The number of aromatic hydroxyl groups is 1. The monoisotopic (exact) mass is 706 g/mol. The van der Waals surface area contributed by atoms with Gasteiger partial charge in [0.25, 0.3) is 11.5 Å². The van der Waals surface area contributed by atoms with Gasteiger partial charge in [-0.1, -0.05) is 0 Å². The zero-order chi connectivity index (χ0) is 34.3. The highest BCUT2D eigenvalue weighted by atomic mass is 79.9. The second-order valence-electron chi connectivity index (χ2n) is 11.8. The average molecular weight is 707 g/mol. The molecule has 0 unspecified atom stereocenters. The van der Waals surface area contributed by atoms with Gasteiger partial charge in [0.05, 0.1) is 51.8 Å². The Kier molecular flexibility index (Phi) is 7.44. The molecule has 14 nitrogen and oxygen atoms in total. The summed E-state index contributed by atoms with van der Waals surface area (Å²) in [4.78, 5) is 83.0. The fourth-order valence-corrected chi connectivity index (χ4v) is 7.21. The average Bonchev–Trinajstić information content (AvgIpc) is 3.52. The number of amides is 1. The number of H-pyrrole nitrogens is 1. The third kappa shape index (κ3) is 4.36. The van der Waals surface area contributed by atoms with Gasteiger partial charge in [-0.3, -0.25) is 33.7 Å². The third-order valence-electron chi connectivity index (χ3n) is 9.04. The molecule has 0 saturated heterocycles. The van der Waals surface area contributed by atoms with E-state index in [0.29, 0.717) is 10.0 Å². The van der Waals surface area contributed by atoms with Crippen molar-refractivity contribution in [2.75, 3.05) is 20.7 Å². The predicted molar refractivity (Wildman–Crippen MR) is 175 cm³/mol. The Bertz CT molecular complexity index is 2590. The van der Waals surface area contributed by atoms with Crippen LogP contribution in [0.25, 0.3) is 22.3 Å². The minimum absolute atomic E-state index is 0.0898. The van der Waals surface area contributed by atoms with Crippen molar-refractivity contribution in [1.82, 2.24) is 15.3 Å². The van der Waals surface area contributed by atoms with Crippen molar-refractivity contribution in [3.05, 3.63) is 106 Å². The van der Waals surface area contributed by atoms with Gasteiger partial charge in [0.15, 0.2) is 11.2 Å². The molecular formula is C32H27BrN4O10. The highest BCUT2D eigenvalue weighted by molar-refractivity contribution is 9.10. The summed E-state index contributed by atoms with van der Waals surface area (Å²) < 4.78 is 5.22. The highest BCUT2D eigenvalue weighted by Crippen LogP contribution is 2.56. The maximum atomic E-state index is 13.7. The van der Waals surface area contributed by atoms with E-state index in [-0.39, 0.29) is 53.4 Å². The largest absolute Gasteiger partial charge is 0.510 e. The Labute approximate surface area is 271 Å². The second kappa shape index (κ2) is 11.0. The zero-order valence-electron chi connectivity index (χ0n) is 25.4. The number of hydrogen-bond acceptors (Lipinski definition) is 12. The Morgan fingerprint density at radius 3 is 2.32 bits per heavy atom. The van der Waals surface area contributed by atoms with Crippen LogP contribution in [0.3, 0.4) is 0 Å². The standard InChI is InChI=1S/C32H27BrN4O10/c1-11(2)37(3)10-17(39)36-34-9-12-7-14-18(31(46)35-12)28(43)23-13(24(14)33)5-6-32(23)29(44)21-22(30(32)45)27(42)20-19(26(21)41)15(38)8-16(47-4)25(20)40/h7-9,11,43-45H,5-6,10H2,1-4H3,(H,35,46)(H,36,39)/t32-/m0/s1. The number of carbonyl (C=O) groups is 1. The zero-order valence-corrected chi connectivity index (χ0v) is 27.0. The van der Waals surface area contributed by atoms with Crippen molar-refractivity contribution in [2.24, 2.45) is 5.10 Å². The lowest BCUT2D eigenvalue weighted by atomic mass is 9.78. The molecule has 15 heteroatoms. The number of rotatable bonds is 6. The highest BCUT2D eigenvalue weighted by Gasteiger charge is 2.53. The third-order valence-corrected chi connectivity index (χ3v) is 9.95. The number of benzene rings is 1. The first kappa shape index (κ1) is 31.8. The first-order chi connectivity index (χ1) is 22.2. The number of aliphatic hydroxyl groups excluding tert-OH is 2. The maximum absolute atomic E-state index is 13.7. The van der Waals surface area contributed by atoms with Gasteiger partial charge in [-0.2, -0.15) is 5.10 Å². The van der Waals surface area contributed by atoms with E-state index < -0.39 is 76.6 Å². The number of nitrogens with zero attached hydrogens (tertiary/aromatic N) is 2. The maximum Gasteiger partial charge on any atom is 0.260 e. The Balaban J connectivity index is 1.56. The Hall–Kier alpha value is -5.15. The number of aromatic nitrogens is 1. The van der Waals surface area contributed by atoms with E-state index >= 15 is 0 Å². The number of methoxy groups -OCH3 is 1. The molecule has 5 N–H and O–H groups in total. The van der Waals surface area contributed by atoms with E-state index in [9.17, 15) is 44.1 Å². The fraction of sp³-hybridized carbons (Fsp3) is 0.281. The Morgan fingerprint density at radius 2 is 1.70 bits per heavy atom. The summed E-state index contributed by atoms with van der Waals surface area (Å²) >= 11 is 3.49. The van der Waals surface area contributed by atoms with Crippen LogP contribution in [0.4, 0.5) is 0 Å². The summed E-state index contributed by atoms with van der Waals surface area (Å²) in [6.07, 6.45) is 1.17. The SMILES string of the molecule is COc1cc(=O)c2c(=O)c3c(c(=O)c=2c1=O)=C(O)[C@]1(CCc2c1c(O)c1c(=O)[nH]c(C=NNC(=O)CN(C)C(C)C)cc1c2Br)C=3O. The van der Waals surface area contributed by atoms with Crippen LogP contribution in [0.2, 0.25) is 0 Å². The number of halogens is 1. The number of fused-ring (bicyclic) bond motifs is 4. The van der Waals surface area contributed by atoms with Gasteiger partial charge in [0.2, 0.25) is 16.3 Å². The van der Waals surface area contributed by atoms with E-state index in [0.717, 1.165) is 13.2 Å². The number of hydrazone groups is 1. The number of carbonyl (C=O) groups excluding carboxylic acids is 1. The molecule has 242 valence electrons. The van der Waals surface area contributed by atoms with Gasteiger partial charge in [0.1, 0.15) is 22.7 Å². The molecule has 1 heterocycles. The first-order valence-corrected chi connectivity index (χ1v) is 15.2. The molecule has 1 aromatic heterocycles. The predicted octanol–water partition coefficient (Wildman–Crippen LogP) is -0.934. The van der Waals surface area contributed by atoms with Gasteiger partial charge in [-0.15, -0.1) is 0 Å². The number of hydrogen-bond donors (Lipinski definition) is 5. The molecular weight excluding hydrogens is 680 g/mol. The number of phenolic OH excluding ortho intramolecular Hbond substituents is 1. The normalized spacial score (nSPS) is 17.2. The number of aromatic amines is 1. The molecule has 0 fully saturated rings. The van der Waals surface area contributed by atoms with Gasteiger partial charge in [-0.25, -0.2) is 5.43 Å². The summed E-state index contributed by atoms with van der Waals surface area (Å²) in [7, 11) is 2.89. The van der Waals surface area contributed by atoms with Gasteiger partial charge in [0, 0.05) is 27.5 Å². The van der Waals surface area contributed by atoms with Crippen molar-refractivity contribution in [1.29, 1.82) is 0 Å². The van der Waals surface area contributed by atoms with Crippen LogP contribution >= 0.6 is 15.9 Å². The molecule has 1 aromatic carbocycles. The lowest BCUT2D eigenvalue weighted by Gasteiger charge is -2.27. The molecule has 1 atom stereocenters. The molecule has 6 rings (SSSR count). The molecule has 1 amide bonds. The minimum Gasteiger partial charge on any atom is -0.510 e. The number of nitrogens with one attached hydrogen (secondary N) is 2. The molecule has 0 aliphatic heterocycles. The van der Waals surface area contributed by atoms with Crippen LogP contribution in [0.15, 0.2) is 45.7 Å². The van der Waals surface area contributed by atoms with E-state index in [1.54, 1.807) is 11.9 Å². The van der Waals surface area contributed by atoms with Gasteiger partial charge < -0.3 is 25.0 Å². The second-order valence-corrected chi connectivity index (χ2v) is 12.6. The minimum atomic E-state index is -2.04. The number of ether oxygens (including phenoxy) is 1. The summed E-state index contributed by atoms with van der Waals surface area (Å²) in [6.45, 7) is 3.96. The molecule has 0 radical (unpaired) electrons. The molecule has 1 spiro atoms. The van der Waals surface area contributed by atoms with Crippen molar-refractivity contribution in [3.8, 4) is 11.5 Å². The molecule has 0 saturated carbocycles. The Morgan fingerprint density at radius 1 is 1.06 bits per heavy atom. The smallest absolute Gasteiger partial charge is 0.260 e. The lowest BCUT2D eigenvalue weighted by molar-refractivity contribution is -0.122. The van der Waals surface area contributed by atoms with Gasteiger partial charge >= 0.3 is 0 Å². The first-order valence-electron chi connectivity index (χ1n) is 14.4. The van der Waals surface area contributed by atoms with Crippen molar-refractivity contribution >= 4 is 50.3 Å². The lowest BCUT2D eigenvalue weighted by Crippen LogP contribution is -2.51. The van der Waals surface area contributed by atoms with Crippen molar-refractivity contribution in [3.63, 3.8) is 0 Å². The number of pyridine rings is 1. The van der Waals surface area contributed by atoms with Gasteiger partial charge in [-0.05, 0) is 61.3 Å². The van der Waals surface area contributed by atoms with E-state index in [4.69, 9.17) is 4.74 Å². The van der Waals surface area contributed by atoms with Crippen molar-refractivity contribution in [2.45, 2.75) is 38.1 Å².